The Hall–Kier alpha value is -0.960. The molecule has 1 aromatic carbocycles. The molecule has 3 heteroatoms. The number of para-hydroxylation sites is 1. The molecule has 2 aliphatic rings. The molecule has 1 amide bonds. The average Bonchev–Trinajstić information content (AvgIpc) is 3.18. The van der Waals surface area contributed by atoms with Gasteiger partial charge in [0.25, 0.3) is 0 Å². The Balaban J connectivity index is 1.85. The molecule has 1 saturated carbocycles. The number of carbonyl (C=O) groups is 1. The fourth-order valence-corrected chi connectivity index (χ4v) is 3.47. The second-order valence-corrected chi connectivity index (χ2v) is 6.43. The fourth-order valence-electron chi connectivity index (χ4n) is 3.04. The molecule has 0 aromatic heterocycles. The van der Waals surface area contributed by atoms with Crippen LogP contribution in [0.15, 0.2) is 24.3 Å². The third kappa shape index (κ3) is 2.40. The van der Waals surface area contributed by atoms with Crippen molar-refractivity contribution >= 4 is 24.2 Å². The van der Waals surface area contributed by atoms with Crippen molar-refractivity contribution in [2.24, 2.45) is 5.41 Å². The van der Waals surface area contributed by atoms with Crippen LogP contribution in [0.1, 0.15) is 38.2 Å². The summed E-state index contributed by atoms with van der Waals surface area (Å²) in [6.45, 7) is 2.16. The van der Waals surface area contributed by atoms with Crippen molar-refractivity contribution in [2.45, 2.75) is 45.1 Å². The van der Waals surface area contributed by atoms with E-state index in [9.17, 15) is 4.79 Å². The first-order valence-electron chi connectivity index (χ1n) is 7.16. The van der Waals surface area contributed by atoms with Crippen molar-refractivity contribution in [2.75, 3.05) is 10.7 Å². The Labute approximate surface area is 120 Å². The molecular formula is C16H21NOS. The Morgan fingerprint density at radius 2 is 2.16 bits per heavy atom. The van der Waals surface area contributed by atoms with E-state index in [4.69, 9.17) is 0 Å². The molecule has 1 aromatic rings. The Morgan fingerprint density at radius 3 is 2.84 bits per heavy atom. The average molecular weight is 275 g/mol. The van der Waals surface area contributed by atoms with Gasteiger partial charge in [-0.1, -0.05) is 18.2 Å². The molecule has 102 valence electrons. The van der Waals surface area contributed by atoms with E-state index >= 15 is 0 Å². The van der Waals surface area contributed by atoms with Crippen molar-refractivity contribution in [1.82, 2.24) is 0 Å². The van der Waals surface area contributed by atoms with Crippen LogP contribution in [0.3, 0.4) is 0 Å². The first-order valence-corrected chi connectivity index (χ1v) is 7.79. The number of aryl methyl sites for hydroxylation is 1. The number of hydrogen-bond acceptors (Lipinski definition) is 2. The number of hydrogen-bond donors (Lipinski definition) is 1. The Bertz CT molecular complexity index is 495. The minimum absolute atomic E-state index is 0.201. The van der Waals surface area contributed by atoms with Gasteiger partial charge in [0, 0.05) is 18.2 Å². The van der Waals surface area contributed by atoms with E-state index in [1.54, 1.807) is 0 Å². The second-order valence-electron chi connectivity index (χ2n) is 6.12. The molecule has 0 bridgehead atoms. The molecule has 0 spiro atoms. The third-order valence-electron chi connectivity index (χ3n) is 4.61. The van der Waals surface area contributed by atoms with Crippen LogP contribution >= 0.6 is 12.6 Å². The Morgan fingerprint density at radius 1 is 1.42 bits per heavy atom. The van der Waals surface area contributed by atoms with Gasteiger partial charge in [0.2, 0.25) is 5.91 Å². The standard InChI is InChI=1S/C16H21NOS/c1-12-6-7-13-4-2-3-5-14(13)17(12)15(18)10-16(11-19)8-9-16/h2-5,12,19H,6-11H2,1H3. The zero-order valence-electron chi connectivity index (χ0n) is 11.4. The number of benzene rings is 1. The van der Waals surface area contributed by atoms with Crippen molar-refractivity contribution < 1.29 is 4.79 Å². The fraction of sp³-hybridized carbons (Fsp3) is 0.562. The number of thiol groups is 1. The smallest absolute Gasteiger partial charge is 0.227 e. The molecule has 1 fully saturated rings. The Kier molecular flexibility index (Phi) is 3.34. The molecule has 1 aliphatic heterocycles. The molecule has 19 heavy (non-hydrogen) atoms. The predicted molar refractivity (Wildman–Crippen MR) is 81.8 cm³/mol. The summed E-state index contributed by atoms with van der Waals surface area (Å²) in [5, 5.41) is 0. The zero-order valence-corrected chi connectivity index (χ0v) is 12.3. The van der Waals surface area contributed by atoms with E-state index in [0.717, 1.165) is 37.1 Å². The van der Waals surface area contributed by atoms with Crippen molar-refractivity contribution in [3.8, 4) is 0 Å². The summed E-state index contributed by atoms with van der Waals surface area (Å²) in [5.41, 5.74) is 2.64. The molecule has 1 unspecified atom stereocenters. The third-order valence-corrected chi connectivity index (χ3v) is 5.28. The van der Waals surface area contributed by atoms with Crippen molar-refractivity contribution in [1.29, 1.82) is 0 Å². The number of nitrogens with zero attached hydrogens (tertiary/aromatic N) is 1. The van der Waals surface area contributed by atoms with Gasteiger partial charge in [0.1, 0.15) is 0 Å². The van der Waals surface area contributed by atoms with E-state index < -0.39 is 0 Å². The number of carbonyl (C=O) groups excluding carboxylic acids is 1. The first kappa shape index (κ1) is 13.0. The van der Waals surface area contributed by atoms with Crippen LogP contribution in [0.25, 0.3) is 0 Å². The monoisotopic (exact) mass is 275 g/mol. The van der Waals surface area contributed by atoms with Gasteiger partial charge in [-0.05, 0) is 55.4 Å². The normalized spacial score (nSPS) is 23.9. The lowest BCUT2D eigenvalue weighted by molar-refractivity contribution is -0.120. The molecule has 0 radical (unpaired) electrons. The van der Waals surface area contributed by atoms with E-state index in [-0.39, 0.29) is 11.3 Å². The lowest BCUT2D eigenvalue weighted by Gasteiger charge is -2.36. The SMILES string of the molecule is CC1CCc2ccccc2N1C(=O)CC1(CS)CC1. The summed E-state index contributed by atoms with van der Waals surface area (Å²) < 4.78 is 0. The van der Waals surface area contributed by atoms with Crippen LogP contribution in [-0.2, 0) is 11.2 Å². The van der Waals surface area contributed by atoms with E-state index in [1.165, 1.54) is 5.56 Å². The van der Waals surface area contributed by atoms with Gasteiger partial charge in [-0.3, -0.25) is 4.79 Å². The van der Waals surface area contributed by atoms with Gasteiger partial charge in [-0.15, -0.1) is 0 Å². The zero-order chi connectivity index (χ0) is 13.5. The number of anilines is 1. The van der Waals surface area contributed by atoms with Gasteiger partial charge < -0.3 is 4.90 Å². The topological polar surface area (TPSA) is 20.3 Å². The van der Waals surface area contributed by atoms with Gasteiger partial charge in [-0.25, -0.2) is 0 Å². The maximum Gasteiger partial charge on any atom is 0.227 e. The van der Waals surface area contributed by atoms with Crippen LogP contribution in [0.2, 0.25) is 0 Å². The van der Waals surface area contributed by atoms with Crippen LogP contribution in [0.4, 0.5) is 5.69 Å². The van der Waals surface area contributed by atoms with E-state index in [1.807, 2.05) is 11.0 Å². The molecule has 1 heterocycles. The van der Waals surface area contributed by atoms with Gasteiger partial charge in [-0.2, -0.15) is 12.6 Å². The highest BCUT2D eigenvalue weighted by Gasteiger charge is 2.44. The summed E-state index contributed by atoms with van der Waals surface area (Å²) in [6, 6.07) is 8.64. The number of amides is 1. The molecule has 3 rings (SSSR count). The summed E-state index contributed by atoms with van der Waals surface area (Å²) in [5.74, 6) is 1.12. The van der Waals surface area contributed by atoms with Crippen LogP contribution < -0.4 is 4.90 Å². The highest BCUT2D eigenvalue weighted by atomic mass is 32.1. The molecule has 1 aliphatic carbocycles. The number of fused-ring (bicyclic) bond motifs is 1. The molecule has 0 N–H and O–H groups in total. The maximum absolute atomic E-state index is 12.7. The first-order chi connectivity index (χ1) is 9.15. The van der Waals surface area contributed by atoms with Gasteiger partial charge in [0.15, 0.2) is 0 Å². The second kappa shape index (κ2) is 4.86. The van der Waals surface area contributed by atoms with Gasteiger partial charge >= 0.3 is 0 Å². The lowest BCUT2D eigenvalue weighted by atomic mass is 9.95. The van der Waals surface area contributed by atoms with Crippen LogP contribution in [0, 0.1) is 5.41 Å². The van der Waals surface area contributed by atoms with E-state index in [2.05, 4.69) is 37.8 Å². The minimum Gasteiger partial charge on any atom is -0.309 e. The van der Waals surface area contributed by atoms with Crippen LogP contribution in [-0.4, -0.2) is 17.7 Å². The number of rotatable bonds is 3. The summed E-state index contributed by atoms with van der Waals surface area (Å²) in [6.07, 6.45) is 5.13. The van der Waals surface area contributed by atoms with Crippen LogP contribution in [0.5, 0.6) is 0 Å². The van der Waals surface area contributed by atoms with Gasteiger partial charge in [0.05, 0.1) is 0 Å². The highest BCUT2D eigenvalue weighted by Crippen LogP contribution is 2.50. The summed E-state index contributed by atoms with van der Waals surface area (Å²) in [7, 11) is 0. The lowest BCUT2D eigenvalue weighted by Crippen LogP contribution is -2.43. The largest absolute Gasteiger partial charge is 0.309 e. The van der Waals surface area contributed by atoms with Crippen molar-refractivity contribution in [3.05, 3.63) is 29.8 Å². The summed E-state index contributed by atoms with van der Waals surface area (Å²) >= 11 is 4.41. The quantitative estimate of drug-likeness (QED) is 0.838. The minimum atomic E-state index is 0.201. The maximum atomic E-state index is 12.7. The molecule has 0 saturated heterocycles. The van der Waals surface area contributed by atoms with E-state index in [0.29, 0.717) is 12.5 Å². The molecular weight excluding hydrogens is 254 g/mol. The predicted octanol–water partition coefficient (Wildman–Crippen LogP) is 3.45. The molecule has 1 atom stereocenters. The summed E-state index contributed by atoms with van der Waals surface area (Å²) in [4.78, 5) is 14.7. The van der Waals surface area contributed by atoms with Crippen molar-refractivity contribution in [3.63, 3.8) is 0 Å². The highest BCUT2D eigenvalue weighted by molar-refractivity contribution is 7.80. The molecule has 2 nitrogen and oxygen atoms in total.